The zero-order valence-corrected chi connectivity index (χ0v) is 23.4. The topological polar surface area (TPSA) is 188 Å². The zero-order valence-electron chi connectivity index (χ0n) is 18.7. The number of hydrogen-bond donors (Lipinski definition) is 5. The van der Waals surface area contributed by atoms with E-state index in [1.165, 1.54) is 42.8 Å². The van der Waals surface area contributed by atoms with Gasteiger partial charge in [0.2, 0.25) is 0 Å². The minimum atomic E-state index is -0.550. The van der Waals surface area contributed by atoms with Gasteiger partial charge in [0.05, 0.1) is 30.4 Å². The van der Waals surface area contributed by atoms with E-state index in [4.69, 9.17) is 45.9 Å². The summed E-state index contributed by atoms with van der Waals surface area (Å²) in [6.45, 7) is 0. The number of hydrogen-bond acceptors (Lipinski definition) is 9. The molecule has 0 saturated heterocycles. The van der Waals surface area contributed by atoms with Crippen molar-refractivity contribution >= 4 is 81.9 Å². The van der Waals surface area contributed by atoms with E-state index in [2.05, 4.69) is 31.5 Å². The van der Waals surface area contributed by atoms with Crippen LogP contribution in [-0.2, 0) is 21.3 Å². The summed E-state index contributed by atoms with van der Waals surface area (Å²) in [5, 5.41) is 7.26. The van der Waals surface area contributed by atoms with Gasteiger partial charge in [-0.1, -0.05) is 29.4 Å². The fourth-order valence-electron chi connectivity index (χ4n) is 1.40. The molecule has 0 aliphatic rings. The lowest BCUT2D eigenvalue weighted by Crippen LogP contribution is -2.22. The number of nitrogens with two attached hydrogens (primary N) is 1. The van der Waals surface area contributed by atoms with E-state index in [0.29, 0.717) is 16.5 Å². The van der Waals surface area contributed by atoms with Crippen molar-refractivity contribution in [3.63, 3.8) is 0 Å². The molecular formula is C18H24Cl4N6O5S2. The van der Waals surface area contributed by atoms with E-state index >= 15 is 0 Å². The molecule has 196 valence electrons. The summed E-state index contributed by atoms with van der Waals surface area (Å²) in [6, 6.07) is 2.64. The summed E-state index contributed by atoms with van der Waals surface area (Å²) in [6.07, 6.45) is 3.61. The van der Waals surface area contributed by atoms with Gasteiger partial charge in [-0.25, -0.2) is 14.6 Å². The third kappa shape index (κ3) is 22.1. The van der Waals surface area contributed by atoms with Gasteiger partial charge in [-0.15, -0.1) is 47.2 Å². The van der Waals surface area contributed by atoms with Gasteiger partial charge in [-0.3, -0.25) is 20.0 Å². The lowest BCUT2D eigenvalue weighted by Gasteiger charge is -1.96. The minimum Gasteiger partial charge on any atom is -0.459 e. The van der Waals surface area contributed by atoms with Crippen molar-refractivity contribution in [2.45, 2.75) is 16.9 Å². The summed E-state index contributed by atoms with van der Waals surface area (Å²) in [7, 11) is 1.27. The number of alkyl halides is 3. The van der Waals surface area contributed by atoms with Crippen molar-refractivity contribution in [3.05, 3.63) is 54.7 Å². The number of aromatic amines is 3. The van der Waals surface area contributed by atoms with Gasteiger partial charge >= 0.3 is 11.7 Å². The number of methoxy groups -OCH3 is 1. The quantitative estimate of drug-likeness (QED) is 0.0507. The minimum absolute atomic E-state index is 0. The number of H-pyrrole nitrogens is 3. The molecule has 2 rings (SSSR count). The molecule has 0 atom stereocenters. The highest BCUT2D eigenvalue weighted by Crippen LogP contribution is 2.06. The van der Waals surface area contributed by atoms with Crippen LogP contribution in [0.1, 0.15) is 11.4 Å². The maximum atomic E-state index is 10.9. The molecular weight excluding hydrogens is 586 g/mol. The first-order valence-corrected chi connectivity index (χ1v) is 12.7. The normalized spacial score (nSPS) is 8.51. The van der Waals surface area contributed by atoms with Crippen LogP contribution >= 0.6 is 70.7 Å². The number of carbonyl (C=O) groups excluding carboxylic acids is 1. The smallest absolute Gasteiger partial charge is 0.384 e. The summed E-state index contributed by atoms with van der Waals surface area (Å²) in [5.74, 6) is 4.50. The Balaban J connectivity index is -0.000000400. The fraction of sp³-hybridized carbons (Fsp3) is 0.333. The first-order chi connectivity index (χ1) is 16.1. The maximum Gasteiger partial charge on any atom is 0.384 e. The molecule has 0 amide bonds. The maximum absolute atomic E-state index is 10.9. The molecule has 0 saturated carbocycles. The third-order valence-corrected chi connectivity index (χ3v) is 4.44. The summed E-state index contributed by atoms with van der Waals surface area (Å²) < 4.78 is 4.18. The van der Waals surface area contributed by atoms with Gasteiger partial charge in [0, 0.05) is 23.7 Å². The molecule has 2 aromatic rings. The number of ether oxygens (including phenoxy) is 1. The van der Waals surface area contributed by atoms with Crippen molar-refractivity contribution in [2.24, 2.45) is 5.73 Å². The largest absolute Gasteiger partial charge is 0.459 e. The number of aromatic nitrogens is 4. The van der Waals surface area contributed by atoms with Crippen LogP contribution < -0.4 is 22.5 Å². The van der Waals surface area contributed by atoms with Gasteiger partial charge < -0.3 is 20.4 Å². The van der Waals surface area contributed by atoms with Crippen LogP contribution in [-0.4, -0.2) is 56.6 Å². The highest BCUT2D eigenvalue weighted by molar-refractivity contribution is 8.13. The second kappa shape index (κ2) is 23.7. The van der Waals surface area contributed by atoms with Crippen LogP contribution in [0.15, 0.2) is 31.7 Å². The molecule has 0 spiro atoms. The summed E-state index contributed by atoms with van der Waals surface area (Å²) in [4.78, 5) is 53.0. The van der Waals surface area contributed by atoms with Gasteiger partial charge in [0.25, 0.3) is 11.1 Å². The lowest BCUT2D eigenvalue weighted by molar-refractivity contribution is -0.133. The van der Waals surface area contributed by atoms with E-state index in [1.54, 1.807) is 6.26 Å². The first kappa shape index (κ1) is 37.5. The highest BCUT2D eigenvalue weighted by Gasteiger charge is 1.97. The molecule has 11 nitrogen and oxygen atoms in total. The molecule has 0 aliphatic heterocycles. The van der Waals surface area contributed by atoms with Gasteiger partial charge in [-0.2, -0.15) is 0 Å². The number of amidine groups is 1. The Morgan fingerprint density at radius 2 is 1.69 bits per heavy atom. The number of thioether (sulfide) groups is 2. The summed E-state index contributed by atoms with van der Waals surface area (Å²) in [5.41, 5.74) is 4.77. The molecule has 0 fully saturated rings. The van der Waals surface area contributed by atoms with Crippen molar-refractivity contribution in [2.75, 3.05) is 25.5 Å². The van der Waals surface area contributed by atoms with Crippen LogP contribution in [0.4, 0.5) is 0 Å². The molecule has 2 aromatic heterocycles. The third-order valence-electron chi connectivity index (χ3n) is 2.73. The van der Waals surface area contributed by atoms with Crippen LogP contribution in [0.3, 0.4) is 0 Å². The Kier molecular flexibility index (Phi) is 25.3. The molecule has 0 bridgehead atoms. The van der Waals surface area contributed by atoms with Crippen LogP contribution in [0, 0.1) is 17.3 Å². The second-order valence-corrected chi connectivity index (χ2v) is 7.57. The van der Waals surface area contributed by atoms with E-state index in [0.717, 1.165) is 0 Å². The van der Waals surface area contributed by atoms with Crippen molar-refractivity contribution in [1.29, 1.82) is 5.41 Å². The van der Waals surface area contributed by atoms with E-state index in [1.807, 2.05) is 11.2 Å². The number of nitrogens with one attached hydrogen (secondary N) is 4. The van der Waals surface area contributed by atoms with E-state index in [-0.39, 0.29) is 40.8 Å². The SMILES string of the molecule is COC(=O)C#CCCl.CSC(=N)N.CSc1nc(CCl)cc(=O)[nH]1.Cl.O=c1cc(CCl)[nH]c(=O)[nH]1. The lowest BCUT2D eigenvalue weighted by atomic mass is 10.5. The monoisotopic (exact) mass is 608 g/mol. The number of halogens is 4. The van der Waals surface area contributed by atoms with Crippen LogP contribution in [0.2, 0.25) is 0 Å². The molecule has 17 heteroatoms. The van der Waals surface area contributed by atoms with Crippen LogP contribution in [0.25, 0.3) is 0 Å². The molecule has 0 aromatic carbocycles. The first-order valence-electron chi connectivity index (χ1n) is 8.66. The molecule has 2 heterocycles. The molecule has 6 N–H and O–H groups in total. The molecule has 0 radical (unpaired) electrons. The number of nitrogens with zero attached hydrogens (tertiary/aromatic N) is 1. The van der Waals surface area contributed by atoms with E-state index < -0.39 is 17.2 Å². The highest BCUT2D eigenvalue weighted by atomic mass is 35.5. The predicted octanol–water partition coefficient (Wildman–Crippen LogP) is 2.10. The molecule has 0 unspecified atom stereocenters. The molecule has 0 aliphatic carbocycles. The Hall–Kier alpha value is -2.08. The number of rotatable bonds is 3. The van der Waals surface area contributed by atoms with Crippen molar-refractivity contribution in [1.82, 2.24) is 19.9 Å². The average molecular weight is 610 g/mol. The standard InChI is InChI=1S/C6H7ClN2OS.C5H5ClN2O2.C5H5ClO2.C2H6N2S.ClH/c1-11-6-8-4(3-7)2-5(10)9-6;6-2-3-1-4(9)8-5(10)7-3;1-8-5(7)3-2-4-6;1-5-2(3)4;/h2H,3H2,1H3,(H,8,9,10);1H,2H2,(H2,7,8,9,10);4H2,1H3;1H3,(H3,3,4);1H. The van der Waals surface area contributed by atoms with E-state index in [9.17, 15) is 19.2 Å². The average Bonchev–Trinajstić information content (AvgIpc) is 2.82. The zero-order chi connectivity index (χ0) is 26.5. The Morgan fingerprint density at radius 1 is 1.11 bits per heavy atom. The fourth-order valence-corrected chi connectivity index (χ4v) is 2.16. The van der Waals surface area contributed by atoms with Crippen molar-refractivity contribution in [3.8, 4) is 11.8 Å². The van der Waals surface area contributed by atoms with Crippen molar-refractivity contribution < 1.29 is 9.53 Å². The number of carbonyl (C=O) groups is 1. The Morgan fingerprint density at radius 3 is 2.09 bits per heavy atom. The Labute approximate surface area is 230 Å². The Bertz CT molecular complexity index is 1080. The molecule has 35 heavy (non-hydrogen) atoms. The van der Waals surface area contributed by atoms with Crippen LogP contribution in [0.5, 0.6) is 0 Å². The van der Waals surface area contributed by atoms with Gasteiger partial charge in [0.15, 0.2) is 10.3 Å². The summed E-state index contributed by atoms with van der Waals surface area (Å²) >= 11 is 18.6. The van der Waals surface area contributed by atoms with Gasteiger partial charge in [0.1, 0.15) is 0 Å². The predicted molar refractivity (Wildman–Crippen MR) is 147 cm³/mol. The second-order valence-electron chi connectivity index (χ2n) is 5.12. The van der Waals surface area contributed by atoms with Gasteiger partial charge in [-0.05, 0) is 12.5 Å². The number of esters is 1.